The summed E-state index contributed by atoms with van der Waals surface area (Å²) in [7, 11) is 0. The minimum Gasteiger partial charge on any atom is -0.394 e. The molecule has 14 nitrogen and oxygen atoms in total. The summed E-state index contributed by atoms with van der Waals surface area (Å²) in [6.45, 7) is 2.86. The summed E-state index contributed by atoms with van der Waals surface area (Å²) in [6.07, 6.45) is 70.0. The molecule has 2 aliphatic heterocycles. The fourth-order valence-corrected chi connectivity index (χ4v) is 14.1. The first-order valence-electron chi connectivity index (χ1n) is 41.6. The number of aliphatic hydroxyl groups is 8. The summed E-state index contributed by atoms with van der Waals surface area (Å²) in [5.74, 6) is -0.239. The van der Waals surface area contributed by atoms with E-state index in [0.717, 1.165) is 32.1 Å². The minimum absolute atomic E-state index is 0.239. The highest BCUT2D eigenvalue weighted by Gasteiger charge is 2.51. The van der Waals surface area contributed by atoms with E-state index in [-0.39, 0.29) is 18.9 Å². The van der Waals surface area contributed by atoms with Gasteiger partial charge in [0.15, 0.2) is 12.6 Å². The van der Waals surface area contributed by atoms with Crippen molar-refractivity contribution >= 4 is 5.91 Å². The Labute approximate surface area is 589 Å². The number of hydrogen-bond acceptors (Lipinski definition) is 13. The van der Waals surface area contributed by atoms with Crippen LogP contribution in [0.1, 0.15) is 399 Å². The number of hydrogen-bond donors (Lipinski definition) is 9. The molecule has 2 saturated heterocycles. The van der Waals surface area contributed by atoms with Crippen molar-refractivity contribution in [1.82, 2.24) is 5.32 Å². The molecule has 2 heterocycles. The molecule has 0 aliphatic carbocycles. The topological polar surface area (TPSA) is 228 Å². The van der Waals surface area contributed by atoms with Gasteiger partial charge in [0.2, 0.25) is 5.91 Å². The third kappa shape index (κ3) is 49.1. The molecular weight excluding hydrogens is 1210 g/mol. The molecule has 1 amide bonds. The molecule has 96 heavy (non-hydrogen) atoms. The molecule has 2 aliphatic rings. The van der Waals surface area contributed by atoms with Crippen molar-refractivity contribution < 1.29 is 64.6 Å². The van der Waals surface area contributed by atoms with Crippen molar-refractivity contribution in [3.05, 3.63) is 24.3 Å². The van der Waals surface area contributed by atoms with E-state index in [2.05, 4.69) is 31.3 Å². The Morgan fingerprint density at radius 2 is 0.667 bits per heavy atom. The molecule has 0 saturated carbocycles. The molecule has 0 aromatic carbocycles. The molecule has 2 rings (SSSR count). The van der Waals surface area contributed by atoms with Gasteiger partial charge in [0.25, 0.3) is 0 Å². The lowest BCUT2D eigenvalue weighted by Gasteiger charge is -2.46. The van der Waals surface area contributed by atoms with Gasteiger partial charge >= 0.3 is 0 Å². The molecule has 0 spiro atoms. The lowest BCUT2D eigenvalue weighted by atomic mass is 9.97. The Hall–Kier alpha value is -1.53. The Bertz CT molecular complexity index is 1700. The van der Waals surface area contributed by atoms with E-state index in [1.165, 1.54) is 334 Å². The molecule has 0 aromatic heterocycles. The molecule has 9 N–H and O–H groups in total. The van der Waals surface area contributed by atoms with Crippen molar-refractivity contribution in [2.45, 2.75) is 473 Å². The summed E-state index contributed by atoms with van der Waals surface area (Å²) in [5, 5.41) is 87.7. The summed E-state index contributed by atoms with van der Waals surface area (Å²) in [4.78, 5) is 13.4. The zero-order chi connectivity index (χ0) is 69.4. The molecule has 0 aromatic rings. The number of unbranched alkanes of at least 4 members (excludes halogenated alkanes) is 56. The van der Waals surface area contributed by atoms with Crippen molar-refractivity contribution in [1.29, 1.82) is 0 Å². The van der Waals surface area contributed by atoms with Gasteiger partial charge in [-0.1, -0.05) is 385 Å². The highest BCUT2D eigenvalue weighted by Crippen LogP contribution is 2.30. The fraction of sp³-hybridized carbons (Fsp3) is 0.939. The number of nitrogens with one attached hydrogen (secondary N) is 1. The van der Waals surface area contributed by atoms with E-state index in [4.69, 9.17) is 18.9 Å². The van der Waals surface area contributed by atoms with Gasteiger partial charge in [0, 0.05) is 6.42 Å². The average Bonchev–Trinajstić information content (AvgIpc) is 0.796. The van der Waals surface area contributed by atoms with Crippen LogP contribution in [0.2, 0.25) is 0 Å². The third-order valence-corrected chi connectivity index (χ3v) is 20.6. The van der Waals surface area contributed by atoms with Gasteiger partial charge in [-0.05, 0) is 32.1 Å². The standard InChI is InChI=1S/C82H157NO13/c1-3-5-7-9-11-13-15-17-19-21-23-25-27-29-31-32-33-34-35-36-37-38-39-40-42-44-46-48-50-52-54-56-58-60-62-64-66-74(87)83-70(69-93-81-79(92)77(90)80(73(68-85)95-81)96-82-78(91)76(89)75(88)72(67-84)94-82)71(86)65-63-61-59-57-55-53-51-49-47-45-43-41-30-28-26-24-22-20-18-16-14-12-10-8-6-4-2/h55,57,63,65,70-73,75-82,84-86,88-92H,3-54,56,58-62,64,66-69H2,1-2H3,(H,83,87)/b57-55+,65-63+. The number of carbonyl (C=O) groups excluding carboxylic acids is 1. The van der Waals surface area contributed by atoms with Crippen LogP contribution in [0.3, 0.4) is 0 Å². The number of aliphatic hydroxyl groups excluding tert-OH is 8. The number of rotatable bonds is 71. The summed E-state index contributed by atoms with van der Waals surface area (Å²) >= 11 is 0. The second kappa shape index (κ2) is 66.7. The molecule has 2 fully saturated rings. The van der Waals surface area contributed by atoms with Gasteiger partial charge in [0.1, 0.15) is 48.8 Å². The van der Waals surface area contributed by atoms with Crippen LogP contribution in [-0.4, -0.2) is 140 Å². The Morgan fingerprint density at radius 3 is 1.02 bits per heavy atom. The molecule has 12 atom stereocenters. The maximum Gasteiger partial charge on any atom is 0.220 e. The van der Waals surface area contributed by atoms with Crippen molar-refractivity contribution in [3.63, 3.8) is 0 Å². The average molecular weight is 1370 g/mol. The van der Waals surface area contributed by atoms with Crippen LogP contribution in [0.5, 0.6) is 0 Å². The van der Waals surface area contributed by atoms with Gasteiger partial charge in [-0.25, -0.2) is 0 Å². The first kappa shape index (κ1) is 90.6. The van der Waals surface area contributed by atoms with E-state index >= 15 is 0 Å². The summed E-state index contributed by atoms with van der Waals surface area (Å²) in [5.41, 5.74) is 0. The lowest BCUT2D eigenvalue weighted by molar-refractivity contribution is -0.359. The predicted molar refractivity (Wildman–Crippen MR) is 397 cm³/mol. The quantitative estimate of drug-likeness (QED) is 0.0204. The normalized spacial score (nSPS) is 22.3. The maximum atomic E-state index is 13.4. The van der Waals surface area contributed by atoms with Gasteiger partial charge in [-0.3, -0.25) is 4.79 Å². The van der Waals surface area contributed by atoms with E-state index in [1.807, 2.05) is 6.08 Å². The monoisotopic (exact) mass is 1360 g/mol. The highest BCUT2D eigenvalue weighted by molar-refractivity contribution is 5.76. The number of allylic oxidation sites excluding steroid dienone is 3. The van der Waals surface area contributed by atoms with Crippen LogP contribution in [0.4, 0.5) is 0 Å². The maximum absolute atomic E-state index is 13.4. The van der Waals surface area contributed by atoms with Crippen LogP contribution in [0, 0.1) is 0 Å². The van der Waals surface area contributed by atoms with Crippen molar-refractivity contribution in [3.8, 4) is 0 Å². The molecule has 12 unspecified atom stereocenters. The van der Waals surface area contributed by atoms with Crippen molar-refractivity contribution in [2.75, 3.05) is 19.8 Å². The van der Waals surface area contributed by atoms with Gasteiger partial charge in [0.05, 0.1) is 32.0 Å². The van der Waals surface area contributed by atoms with E-state index in [0.29, 0.717) is 12.8 Å². The number of ether oxygens (including phenoxy) is 4. The molecule has 0 radical (unpaired) electrons. The largest absolute Gasteiger partial charge is 0.394 e. The second-order valence-corrected chi connectivity index (χ2v) is 29.6. The van der Waals surface area contributed by atoms with Gasteiger partial charge in [-0.15, -0.1) is 0 Å². The predicted octanol–water partition coefficient (Wildman–Crippen LogP) is 19.0. The number of carbonyl (C=O) groups is 1. The van der Waals surface area contributed by atoms with E-state index in [9.17, 15) is 45.6 Å². The minimum atomic E-state index is -1.79. The van der Waals surface area contributed by atoms with Crippen LogP contribution >= 0.6 is 0 Å². The van der Waals surface area contributed by atoms with Crippen LogP contribution in [-0.2, 0) is 23.7 Å². The zero-order valence-corrected chi connectivity index (χ0v) is 62.4. The third-order valence-electron chi connectivity index (χ3n) is 20.6. The molecule has 568 valence electrons. The smallest absolute Gasteiger partial charge is 0.220 e. The molecule has 14 heteroatoms. The SMILES string of the molecule is CCCCCCCCCCCCCCCCCCCCCC/C=C/CC/C=C/C(O)C(COC1OC(CO)C(OC2OC(CO)C(O)C(O)C2O)C(O)C1O)NC(=O)CCCCCCCCCCCCCCCCCCCCCCCCCCCCCCCCCCCCCC. The first-order valence-corrected chi connectivity index (χ1v) is 41.6. The Kier molecular flexibility index (Phi) is 62.9. The van der Waals surface area contributed by atoms with Gasteiger partial charge < -0.3 is 65.1 Å². The van der Waals surface area contributed by atoms with Gasteiger partial charge in [-0.2, -0.15) is 0 Å². The summed E-state index contributed by atoms with van der Waals surface area (Å²) < 4.78 is 22.9. The van der Waals surface area contributed by atoms with E-state index in [1.54, 1.807) is 6.08 Å². The van der Waals surface area contributed by atoms with Crippen molar-refractivity contribution in [2.24, 2.45) is 0 Å². The zero-order valence-electron chi connectivity index (χ0n) is 62.4. The van der Waals surface area contributed by atoms with Crippen LogP contribution in [0.15, 0.2) is 24.3 Å². The van der Waals surface area contributed by atoms with E-state index < -0.39 is 86.8 Å². The fourth-order valence-electron chi connectivity index (χ4n) is 14.1. The second-order valence-electron chi connectivity index (χ2n) is 29.6. The Morgan fingerprint density at radius 1 is 0.365 bits per heavy atom. The summed E-state index contributed by atoms with van der Waals surface area (Å²) in [6, 6.07) is -0.931. The lowest BCUT2D eigenvalue weighted by Crippen LogP contribution is -2.65. The Balaban J connectivity index is 1.59. The highest BCUT2D eigenvalue weighted by atomic mass is 16.7. The molecular formula is C82H157NO13. The first-order chi connectivity index (χ1) is 47.1. The number of amides is 1. The van der Waals surface area contributed by atoms with Crippen LogP contribution in [0.25, 0.3) is 0 Å². The van der Waals surface area contributed by atoms with Crippen LogP contribution < -0.4 is 5.32 Å². The molecule has 0 bridgehead atoms.